The Bertz CT molecular complexity index is 1060. The first kappa shape index (κ1) is 21.8. The van der Waals surface area contributed by atoms with Crippen LogP contribution in [0.4, 0.5) is 23.2 Å². The lowest BCUT2D eigenvalue weighted by Crippen LogP contribution is -2.21. The van der Waals surface area contributed by atoms with E-state index < -0.39 is 41.7 Å². The molecule has 30 heavy (non-hydrogen) atoms. The van der Waals surface area contributed by atoms with Gasteiger partial charge >= 0.3 is 0 Å². The minimum absolute atomic E-state index is 0.421. The van der Waals surface area contributed by atoms with Gasteiger partial charge in [0.1, 0.15) is 17.9 Å². The fourth-order valence-corrected chi connectivity index (χ4v) is 3.33. The van der Waals surface area contributed by atoms with Gasteiger partial charge in [-0.25, -0.2) is 17.6 Å². The van der Waals surface area contributed by atoms with E-state index in [1.54, 1.807) is 18.2 Å². The van der Waals surface area contributed by atoms with E-state index in [2.05, 4.69) is 15.5 Å². The highest BCUT2D eigenvalue weighted by molar-refractivity contribution is 6.32. The zero-order chi connectivity index (χ0) is 22.0. The van der Waals surface area contributed by atoms with Crippen molar-refractivity contribution in [1.29, 1.82) is 0 Å². The summed E-state index contributed by atoms with van der Waals surface area (Å²) < 4.78 is 54.5. The molecule has 1 aromatic carbocycles. The summed E-state index contributed by atoms with van der Waals surface area (Å²) in [6.07, 6.45) is -6.29. The van der Waals surface area contributed by atoms with Crippen LogP contribution in [0.3, 0.4) is 0 Å². The van der Waals surface area contributed by atoms with Gasteiger partial charge in [0.25, 0.3) is 12.9 Å². The summed E-state index contributed by atoms with van der Waals surface area (Å²) in [6, 6.07) is 8.85. The van der Waals surface area contributed by atoms with Crippen LogP contribution in [-0.2, 0) is 17.9 Å². The number of alkyl halides is 4. The van der Waals surface area contributed by atoms with E-state index in [1.807, 2.05) is 30.7 Å². The lowest BCUT2D eigenvalue weighted by molar-refractivity contribution is -0.117. The van der Waals surface area contributed by atoms with Crippen molar-refractivity contribution < 1.29 is 22.4 Å². The van der Waals surface area contributed by atoms with Gasteiger partial charge in [-0.15, -0.1) is 0 Å². The summed E-state index contributed by atoms with van der Waals surface area (Å²) in [6.45, 7) is 3.60. The zero-order valence-corrected chi connectivity index (χ0v) is 16.8. The maximum atomic E-state index is 13.2. The number of benzene rings is 1. The van der Waals surface area contributed by atoms with Crippen molar-refractivity contribution in [3.05, 3.63) is 63.7 Å². The van der Waals surface area contributed by atoms with Crippen molar-refractivity contribution in [2.45, 2.75) is 39.8 Å². The molecule has 0 atom stereocenters. The molecule has 0 aliphatic carbocycles. The van der Waals surface area contributed by atoms with E-state index in [0.717, 1.165) is 17.0 Å². The van der Waals surface area contributed by atoms with Gasteiger partial charge < -0.3 is 5.32 Å². The second kappa shape index (κ2) is 8.86. The highest BCUT2D eigenvalue weighted by Gasteiger charge is 2.28. The van der Waals surface area contributed by atoms with Crippen LogP contribution in [-0.4, -0.2) is 25.5 Å². The Kier molecular flexibility index (Phi) is 6.45. The topological polar surface area (TPSA) is 64.7 Å². The number of anilines is 1. The van der Waals surface area contributed by atoms with Gasteiger partial charge in [0.2, 0.25) is 5.91 Å². The molecular weight excluding hydrogens is 426 g/mol. The van der Waals surface area contributed by atoms with Crippen molar-refractivity contribution in [3.8, 4) is 0 Å². The van der Waals surface area contributed by atoms with Crippen LogP contribution < -0.4 is 5.32 Å². The second-order valence-corrected chi connectivity index (χ2v) is 7.05. The summed E-state index contributed by atoms with van der Waals surface area (Å²) in [5.74, 6) is -0.708. The smallest absolute Gasteiger partial charge is 0.283 e. The molecule has 0 saturated carbocycles. The molecule has 1 amide bonds. The van der Waals surface area contributed by atoms with Crippen LogP contribution in [0.1, 0.15) is 41.2 Å². The van der Waals surface area contributed by atoms with Crippen molar-refractivity contribution in [3.63, 3.8) is 0 Å². The molecule has 0 fully saturated rings. The second-order valence-electron chi connectivity index (χ2n) is 6.68. The zero-order valence-electron chi connectivity index (χ0n) is 16.0. The summed E-state index contributed by atoms with van der Waals surface area (Å²) in [5, 5.41) is 9.48. The van der Waals surface area contributed by atoms with E-state index in [0.29, 0.717) is 16.9 Å². The highest BCUT2D eigenvalue weighted by atomic mass is 35.5. The molecule has 160 valence electrons. The van der Waals surface area contributed by atoms with Crippen LogP contribution in [0.5, 0.6) is 0 Å². The first-order valence-corrected chi connectivity index (χ1v) is 9.25. The summed E-state index contributed by atoms with van der Waals surface area (Å²) in [7, 11) is 0. The van der Waals surface area contributed by atoms with E-state index in [-0.39, 0.29) is 0 Å². The Hall–Kier alpha value is -2.88. The maximum absolute atomic E-state index is 13.2. The number of aryl methyl sites for hydroxylation is 2. The summed E-state index contributed by atoms with van der Waals surface area (Å²) in [5.41, 5.74) is 1.24. The minimum atomic E-state index is -3.16. The Morgan fingerprint density at radius 2 is 1.83 bits per heavy atom. The third-order valence-electron chi connectivity index (χ3n) is 4.31. The van der Waals surface area contributed by atoms with Gasteiger partial charge in [0.15, 0.2) is 0 Å². The number of carbonyl (C=O) groups is 1. The van der Waals surface area contributed by atoms with Gasteiger partial charge in [-0.3, -0.25) is 14.2 Å². The van der Waals surface area contributed by atoms with Crippen LogP contribution in [0, 0.1) is 13.8 Å². The van der Waals surface area contributed by atoms with Crippen LogP contribution >= 0.6 is 11.6 Å². The average Bonchev–Trinajstić information content (AvgIpc) is 3.13. The van der Waals surface area contributed by atoms with Crippen LogP contribution in [0.25, 0.3) is 0 Å². The number of nitrogens with one attached hydrogen (secondary N) is 1. The average molecular weight is 444 g/mol. The molecule has 2 heterocycles. The molecule has 0 spiro atoms. The number of nitrogens with zero attached hydrogens (tertiary/aromatic N) is 4. The molecule has 3 rings (SSSR count). The molecule has 0 aliphatic rings. The lowest BCUT2D eigenvalue weighted by atomic mass is 10.2. The molecule has 3 aromatic rings. The SMILES string of the molecule is Cc1cc(C)n(Cc2cccc(NC(=O)Cn3nc(C(F)F)c(Cl)c3C(F)F)c2)n1. The number of hydrogen-bond donors (Lipinski definition) is 1. The first-order valence-electron chi connectivity index (χ1n) is 8.88. The molecular formula is C19H18ClF4N5O. The van der Waals surface area contributed by atoms with Gasteiger partial charge in [-0.1, -0.05) is 23.7 Å². The Morgan fingerprint density at radius 1 is 1.10 bits per heavy atom. The summed E-state index contributed by atoms with van der Waals surface area (Å²) >= 11 is 5.59. The van der Waals surface area contributed by atoms with Crippen LogP contribution in [0.2, 0.25) is 5.02 Å². The normalized spacial score (nSPS) is 11.5. The molecule has 0 saturated heterocycles. The minimum Gasteiger partial charge on any atom is -0.324 e. The van der Waals surface area contributed by atoms with E-state index in [1.165, 1.54) is 0 Å². The predicted molar refractivity (Wildman–Crippen MR) is 103 cm³/mol. The first-order chi connectivity index (χ1) is 14.2. The van der Waals surface area contributed by atoms with Crippen molar-refractivity contribution in [1.82, 2.24) is 19.6 Å². The third-order valence-corrected chi connectivity index (χ3v) is 4.70. The fraction of sp³-hybridized carbons (Fsp3) is 0.316. The fourth-order valence-electron chi connectivity index (χ4n) is 3.03. The summed E-state index contributed by atoms with van der Waals surface area (Å²) in [4.78, 5) is 12.3. The Labute approximate surface area is 174 Å². The molecule has 6 nitrogen and oxygen atoms in total. The number of hydrogen-bond acceptors (Lipinski definition) is 3. The number of rotatable bonds is 7. The molecule has 0 bridgehead atoms. The van der Waals surface area contributed by atoms with E-state index >= 15 is 0 Å². The largest absolute Gasteiger partial charge is 0.324 e. The molecule has 0 unspecified atom stereocenters. The van der Waals surface area contributed by atoms with Crippen LogP contribution in [0.15, 0.2) is 30.3 Å². The number of aromatic nitrogens is 4. The van der Waals surface area contributed by atoms with Gasteiger partial charge in [-0.05, 0) is 37.6 Å². The molecule has 0 radical (unpaired) electrons. The van der Waals surface area contributed by atoms with Crippen molar-refractivity contribution in [2.24, 2.45) is 0 Å². The standard InChI is InChI=1S/C19H18ClF4N5O/c1-10-6-11(2)28(26-10)8-12-4-3-5-13(7-12)25-14(30)9-29-17(19(23)24)15(20)16(27-29)18(21)22/h3-7,18-19H,8-9H2,1-2H3,(H,25,30). The Morgan fingerprint density at radius 3 is 2.43 bits per heavy atom. The molecule has 1 N–H and O–H groups in total. The van der Waals surface area contributed by atoms with E-state index in [4.69, 9.17) is 11.6 Å². The van der Waals surface area contributed by atoms with Gasteiger partial charge in [0.05, 0.1) is 17.3 Å². The maximum Gasteiger partial charge on any atom is 0.283 e. The van der Waals surface area contributed by atoms with Gasteiger partial charge in [-0.2, -0.15) is 10.2 Å². The monoisotopic (exact) mass is 443 g/mol. The number of carbonyl (C=O) groups excluding carboxylic acids is 1. The predicted octanol–water partition coefficient (Wildman–Crippen LogP) is 4.91. The number of halogens is 5. The van der Waals surface area contributed by atoms with Crippen molar-refractivity contribution >= 4 is 23.2 Å². The molecule has 0 aliphatic heterocycles. The van der Waals surface area contributed by atoms with Crippen molar-refractivity contribution in [2.75, 3.05) is 5.32 Å². The van der Waals surface area contributed by atoms with E-state index in [9.17, 15) is 22.4 Å². The molecule has 2 aromatic heterocycles. The lowest BCUT2D eigenvalue weighted by Gasteiger charge is -2.10. The quantitative estimate of drug-likeness (QED) is 0.527. The Balaban J connectivity index is 1.74. The highest BCUT2D eigenvalue weighted by Crippen LogP contribution is 2.34. The third kappa shape index (κ3) is 4.81. The number of amides is 1. The molecule has 11 heteroatoms. The van der Waals surface area contributed by atoms with Gasteiger partial charge in [0, 0.05) is 11.4 Å².